The van der Waals surface area contributed by atoms with Gasteiger partial charge in [0.25, 0.3) is 5.89 Å². The van der Waals surface area contributed by atoms with E-state index in [1.54, 1.807) is 36.4 Å². The molecule has 3 heterocycles. The second kappa shape index (κ2) is 8.02. The van der Waals surface area contributed by atoms with Gasteiger partial charge < -0.3 is 4.52 Å². The standard InChI is InChI=1S/C21H9Cl3F3N5O/c22-11-3-1-10(2-4-11)15-8-17(21(25,26)27)32-18(28-15)9-16(30-32)20-29-19(31-33-20)13-6-5-12(23)7-14(13)24/h1-9H. The Balaban J connectivity index is 1.62. The van der Waals surface area contributed by atoms with Crippen molar-refractivity contribution in [2.24, 2.45) is 0 Å². The van der Waals surface area contributed by atoms with Crippen LogP contribution in [0.5, 0.6) is 0 Å². The first-order valence-corrected chi connectivity index (χ1v) is 10.4. The van der Waals surface area contributed by atoms with Gasteiger partial charge in [0.1, 0.15) is 0 Å². The maximum Gasteiger partial charge on any atom is 0.433 e. The van der Waals surface area contributed by atoms with E-state index in [9.17, 15) is 13.2 Å². The summed E-state index contributed by atoms with van der Waals surface area (Å²) >= 11 is 18.0. The molecule has 0 saturated heterocycles. The summed E-state index contributed by atoms with van der Waals surface area (Å²) in [5.74, 6) is 0.0391. The molecule has 0 radical (unpaired) electrons. The highest BCUT2D eigenvalue weighted by atomic mass is 35.5. The largest absolute Gasteiger partial charge is 0.433 e. The number of fused-ring (bicyclic) bond motifs is 1. The Morgan fingerprint density at radius 2 is 1.55 bits per heavy atom. The number of alkyl halides is 3. The predicted octanol–water partition coefficient (Wildman–Crippen LogP) is 7.09. The summed E-state index contributed by atoms with van der Waals surface area (Å²) in [7, 11) is 0. The van der Waals surface area contributed by atoms with Gasteiger partial charge in [0, 0.05) is 27.2 Å². The van der Waals surface area contributed by atoms with Gasteiger partial charge in [-0.05, 0) is 36.4 Å². The molecule has 0 aliphatic rings. The van der Waals surface area contributed by atoms with Crippen LogP contribution >= 0.6 is 34.8 Å². The van der Waals surface area contributed by atoms with Crippen molar-refractivity contribution in [3.05, 3.63) is 75.4 Å². The topological polar surface area (TPSA) is 69.1 Å². The van der Waals surface area contributed by atoms with Crippen LogP contribution in [0.25, 0.3) is 39.9 Å². The molecule has 0 aliphatic carbocycles. The Bertz CT molecular complexity index is 1500. The van der Waals surface area contributed by atoms with Gasteiger partial charge in [0.05, 0.1) is 10.7 Å². The average molecular weight is 511 g/mol. The Morgan fingerprint density at radius 3 is 2.24 bits per heavy atom. The number of nitrogens with zero attached hydrogens (tertiary/aromatic N) is 5. The zero-order chi connectivity index (χ0) is 23.3. The van der Waals surface area contributed by atoms with Gasteiger partial charge in [-0.25, -0.2) is 9.50 Å². The number of hydrogen-bond donors (Lipinski definition) is 0. The molecule has 33 heavy (non-hydrogen) atoms. The molecule has 0 N–H and O–H groups in total. The quantitative estimate of drug-likeness (QED) is 0.259. The van der Waals surface area contributed by atoms with E-state index >= 15 is 0 Å². The zero-order valence-corrected chi connectivity index (χ0v) is 18.4. The normalized spacial score (nSPS) is 11.9. The second-order valence-corrected chi connectivity index (χ2v) is 8.16. The van der Waals surface area contributed by atoms with Crippen LogP contribution in [0.3, 0.4) is 0 Å². The van der Waals surface area contributed by atoms with Crippen LogP contribution in [0.2, 0.25) is 15.1 Å². The van der Waals surface area contributed by atoms with Gasteiger partial charge in [-0.1, -0.05) is 52.1 Å². The molecule has 0 fully saturated rings. The number of rotatable bonds is 3. The molecular formula is C21H9Cl3F3N5O. The summed E-state index contributed by atoms with van der Waals surface area (Å²) in [6.45, 7) is 0. The van der Waals surface area contributed by atoms with Crippen molar-refractivity contribution in [2.75, 3.05) is 0 Å². The highest BCUT2D eigenvalue weighted by Gasteiger charge is 2.35. The maximum absolute atomic E-state index is 13.8. The van der Waals surface area contributed by atoms with E-state index in [-0.39, 0.29) is 28.8 Å². The van der Waals surface area contributed by atoms with Gasteiger partial charge in [-0.3, -0.25) is 0 Å². The van der Waals surface area contributed by atoms with Gasteiger partial charge in [-0.15, -0.1) is 0 Å². The van der Waals surface area contributed by atoms with Crippen LogP contribution in [-0.4, -0.2) is 24.7 Å². The number of hydrogen-bond acceptors (Lipinski definition) is 5. The fraction of sp³-hybridized carbons (Fsp3) is 0.0476. The lowest BCUT2D eigenvalue weighted by Crippen LogP contribution is -2.13. The predicted molar refractivity (Wildman–Crippen MR) is 117 cm³/mol. The molecule has 2 aromatic carbocycles. The average Bonchev–Trinajstić information content (AvgIpc) is 3.40. The van der Waals surface area contributed by atoms with Gasteiger partial charge >= 0.3 is 6.18 Å². The minimum atomic E-state index is -4.69. The minimum Gasteiger partial charge on any atom is -0.332 e. The molecule has 0 atom stereocenters. The monoisotopic (exact) mass is 509 g/mol. The molecular weight excluding hydrogens is 502 g/mol. The van der Waals surface area contributed by atoms with Crippen LogP contribution in [0.15, 0.2) is 59.1 Å². The van der Waals surface area contributed by atoms with E-state index in [1.807, 2.05) is 0 Å². The lowest BCUT2D eigenvalue weighted by atomic mass is 10.1. The Labute approximate surface area is 198 Å². The zero-order valence-electron chi connectivity index (χ0n) is 16.1. The third-order valence-electron chi connectivity index (χ3n) is 4.67. The van der Waals surface area contributed by atoms with Gasteiger partial charge in [-0.2, -0.15) is 23.3 Å². The maximum atomic E-state index is 13.8. The van der Waals surface area contributed by atoms with E-state index in [2.05, 4.69) is 20.2 Å². The lowest BCUT2D eigenvalue weighted by Gasteiger charge is -2.11. The van der Waals surface area contributed by atoms with Crippen molar-refractivity contribution < 1.29 is 17.7 Å². The van der Waals surface area contributed by atoms with E-state index in [0.717, 1.165) is 6.07 Å². The van der Waals surface area contributed by atoms with Crippen LogP contribution < -0.4 is 0 Å². The summed E-state index contributed by atoms with van der Waals surface area (Å²) in [6, 6.07) is 13.3. The van der Waals surface area contributed by atoms with Crippen LogP contribution in [-0.2, 0) is 6.18 Å². The third-order valence-corrected chi connectivity index (χ3v) is 5.47. The molecule has 0 unspecified atom stereocenters. The lowest BCUT2D eigenvalue weighted by molar-refractivity contribution is -0.142. The van der Waals surface area contributed by atoms with E-state index in [4.69, 9.17) is 39.3 Å². The number of halogens is 6. The first kappa shape index (κ1) is 21.7. The smallest absolute Gasteiger partial charge is 0.332 e. The van der Waals surface area contributed by atoms with Crippen molar-refractivity contribution in [2.45, 2.75) is 6.18 Å². The van der Waals surface area contributed by atoms with Gasteiger partial charge in [0.2, 0.25) is 5.82 Å². The molecule has 12 heteroatoms. The fourth-order valence-electron chi connectivity index (χ4n) is 3.16. The van der Waals surface area contributed by atoms with Crippen LogP contribution in [0.4, 0.5) is 13.2 Å². The van der Waals surface area contributed by atoms with E-state index in [1.165, 1.54) is 12.1 Å². The number of benzene rings is 2. The van der Waals surface area contributed by atoms with Crippen molar-refractivity contribution in [1.82, 2.24) is 24.7 Å². The molecule has 6 nitrogen and oxygen atoms in total. The van der Waals surface area contributed by atoms with Crippen LogP contribution in [0, 0.1) is 0 Å². The first-order chi connectivity index (χ1) is 15.7. The van der Waals surface area contributed by atoms with Crippen molar-refractivity contribution in [1.29, 1.82) is 0 Å². The molecule has 0 saturated carbocycles. The first-order valence-electron chi connectivity index (χ1n) is 9.22. The SMILES string of the molecule is FC(F)(F)c1cc(-c2ccc(Cl)cc2)nc2cc(-c3nc(-c4ccc(Cl)cc4Cl)no3)nn12. The highest BCUT2D eigenvalue weighted by Crippen LogP contribution is 2.34. The summed E-state index contributed by atoms with van der Waals surface area (Å²) in [5, 5.41) is 9.02. The second-order valence-electron chi connectivity index (χ2n) is 6.88. The highest BCUT2D eigenvalue weighted by molar-refractivity contribution is 6.36. The molecule has 5 rings (SSSR count). The fourth-order valence-corrected chi connectivity index (χ4v) is 3.78. The summed E-state index contributed by atoms with van der Waals surface area (Å²) < 4.78 is 47.3. The minimum absolute atomic E-state index is 0.0186. The van der Waals surface area contributed by atoms with Crippen LogP contribution in [0.1, 0.15) is 5.69 Å². The molecule has 0 aliphatic heterocycles. The Morgan fingerprint density at radius 1 is 0.818 bits per heavy atom. The molecule has 5 aromatic rings. The number of aromatic nitrogens is 5. The van der Waals surface area contributed by atoms with E-state index < -0.39 is 11.9 Å². The molecule has 166 valence electrons. The van der Waals surface area contributed by atoms with E-state index in [0.29, 0.717) is 30.7 Å². The summed E-state index contributed by atoms with van der Waals surface area (Å²) in [4.78, 5) is 8.53. The Hall–Kier alpha value is -3.14. The third kappa shape index (κ3) is 4.15. The molecule has 0 bridgehead atoms. The van der Waals surface area contributed by atoms with Crippen molar-refractivity contribution >= 4 is 40.4 Å². The summed E-state index contributed by atoms with van der Waals surface area (Å²) in [6.07, 6.45) is -4.69. The Kier molecular flexibility index (Phi) is 5.27. The molecule has 0 spiro atoms. The van der Waals surface area contributed by atoms with Crippen molar-refractivity contribution in [3.63, 3.8) is 0 Å². The van der Waals surface area contributed by atoms with Crippen molar-refractivity contribution in [3.8, 4) is 34.2 Å². The summed E-state index contributed by atoms with van der Waals surface area (Å²) in [5.41, 5.74) is -0.0213. The van der Waals surface area contributed by atoms with Gasteiger partial charge in [0.15, 0.2) is 17.0 Å². The molecule has 0 amide bonds. The molecule has 3 aromatic heterocycles.